The SMILES string of the molecule is Cc1ccc(C)c([PH-])c1.[Li+]. The largest absolute Gasteiger partial charge is 1.00 e. The van der Waals surface area contributed by atoms with Crippen LogP contribution in [-0.4, -0.2) is 0 Å². The van der Waals surface area contributed by atoms with Gasteiger partial charge in [0.2, 0.25) is 0 Å². The standard InChI is InChI=1S/C8H10P.Li/c1-6-3-4-7(2)8(9)5-6;/h3-5,9H,1-2H3;/q-1;+1. The summed E-state index contributed by atoms with van der Waals surface area (Å²) in [4.78, 5) is 0. The molecule has 0 saturated heterocycles. The van der Waals surface area contributed by atoms with E-state index in [0.717, 1.165) is 0 Å². The second-order valence-corrected chi connectivity index (χ2v) is 2.86. The smallest absolute Gasteiger partial charge is 0.524 e. The molecule has 0 saturated carbocycles. The van der Waals surface area contributed by atoms with E-state index in [1.54, 1.807) is 0 Å². The number of benzene rings is 1. The van der Waals surface area contributed by atoms with Crippen LogP contribution in [0.4, 0.5) is 0 Å². The zero-order valence-electron chi connectivity index (χ0n) is 6.73. The third-order valence-corrected chi connectivity index (χ3v) is 1.93. The number of hydrogen-bond acceptors (Lipinski definition) is 0. The zero-order chi connectivity index (χ0) is 6.85. The van der Waals surface area contributed by atoms with Crippen LogP contribution < -0.4 is 24.2 Å². The maximum Gasteiger partial charge on any atom is 1.00 e. The van der Waals surface area contributed by atoms with Crippen molar-refractivity contribution >= 4 is 14.5 Å². The molecule has 48 valence electrons. The number of rotatable bonds is 0. The quantitative estimate of drug-likeness (QED) is 0.326. The van der Waals surface area contributed by atoms with Crippen molar-refractivity contribution in [3.8, 4) is 0 Å². The predicted molar refractivity (Wildman–Crippen MR) is 43.9 cm³/mol. The van der Waals surface area contributed by atoms with E-state index >= 15 is 0 Å². The van der Waals surface area contributed by atoms with E-state index < -0.39 is 0 Å². The van der Waals surface area contributed by atoms with Crippen molar-refractivity contribution in [2.75, 3.05) is 0 Å². The molecule has 0 nitrogen and oxygen atoms in total. The van der Waals surface area contributed by atoms with Crippen molar-refractivity contribution in [1.82, 2.24) is 0 Å². The molecule has 0 atom stereocenters. The van der Waals surface area contributed by atoms with Crippen molar-refractivity contribution in [1.29, 1.82) is 0 Å². The molecule has 0 aliphatic heterocycles. The van der Waals surface area contributed by atoms with Crippen LogP contribution in [0, 0.1) is 13.8 Å². The number of hydrogen-bond donors (Lipinski definition) is 0. The van der Waals surface area contributed by atoms with Crippen molar-refractivity contribution in [3.63, 3.8) is 0 Å². The molecular weight excluding hydrogens is 134 g/mol. The third-order valence-electron chi connectivity index (χ3n) is 1.39. The van der Waals surface area contributed by atoms with E-state index in [0.29, 0.717) is 0 Å². The van der Waals surface area contributed by atoms with E-state index in [1.165, 1.54) is 16.4 Å². The Hall–Kier alpha value is 0.247. The summed E-state index contributed by atoms with van der Waals surface area (Å²) in [5.41, 5.74) is 2.59. The molecule has 2 heteroatoms. The summed E-state index contributed by atoms with van der Waals surface area (Å²) in [6.45, 7) is 4.17. The molecule has 0 heterocycles. The molecule has 0 aliphatic carbocycles. The molecule has 0 bridgehead atoms. The van der Waals surface area contributed by atoms with Crippen molar-refractivity contribution in [2.24, 2.45) is 0 Å². The minimum Gasteiger partial charge on any atom is -0.524 e. The van der Waals surface area contributed by atoms with E-state index in [9.17, 15) is 0 Å². The molecule has 0 aromatic heterocycles. The van der Waals surface area contributed by atoms with Crippen LogP contribution in [0.25, 0.3) is 0 Å². The van der Waals surface area contributed by atoms with Crippen LogP contribution in [0.2, 0.25) is 0 Å². The molecule has 0 unspecified atom stereocenters. The Bertz CT molecular complexity index is 220. The minimum atomic E-state index is 0. The summed E-state index contributed by atoms with van der Waals surface area (Å²) in [7, 11) is 3.49. The van der Waals surface area contributed by atoms with Crippen LogP contribution in [0.15, 0.2) is 18.2 Å². The van der Waals surface area contributed by atoms with Gasteiger partial charge in [0.1, 0.15) is 0 Å². The fraction of sp³-hybridized carbons (Fsp3) is 0.250. The van der Waals surface area contributed by atoms with Gasteiger partial charge in [-0.2, -0.15) is 0 Å². The Kier molecular flexibility index (Phi) is 4.30. The molecule has 0 amide bonds. The summed E-state index contributed by atoms with van der Waals surface area (Å²) >= 11 is 0. The van der Waals surface area contributed by atoms with Gasteiger partial charge in [0.25, 0.3) is 0 Å². The Morgan fingerprint density at radius 1 is 1.20 bits per heavy atom. The van der Waals surface area contributed by atoms with Crippen molar-refractivity contribution in [2.45, 2.75) is 13.8 Å². The van der Waals surface area contributed by atoms with Gasteiger partial charge in [-0.05, 0) is 13.8 Å². The zero-order valence-corrected chi connectivity index (χ0v) is 7.73. The van der Waals surface area contributed by atoms with Gasteiger partial charge in [-0.15, -0.1) is 0 Å². The summed E-state index contributed by atoms with van der Waals surface area (Å²) in [5.74, 6) is 0. The Labute approximate surface area is 76.8 Å². The van der Waals surface area contributed by atoms with Gasteiger partial charge < -0.3 is 9.24 Å². The van der Waals surface area contributed by atoms with Gasteiger partial charge in [-0.1, -0.05) is 29.3 Å². The molecule has 1 aromatic carbocycles. The van der Waals surface area contributed by atoms with Gasteiger partial charge in [0.05, 0.1) is 0 Å². The van der Waals surface area contributed by atoms with Crippen LogP contribution in [0.1, 0.15) is 11.1 Å². The molecule has 0 radical (unpaired) electrons. The van der Waals surface area contributed by atoms with E-state index in [-0.39, 0.29) is 18.9 Å². The first-order chi connectivity index (χ1) is 4.20. The molecule has 0 fully saturated rings. The number of aryl methyl sites for hydroxylation is 2. The third kappa shape index (κ3) is 2.47. The van der Waals surface area contributed by atoms with Gasteiger partial charge in [-0.25, -0.2) is 5.30 Å². The van der Waals surface area contributed by atoms with Gasteiger partial charge in [0.15, 0.2) is 0 Å². The Balaban J connectivity index is 0.000000810. The second-order valence-electron chi connectivity index (χ2n) is 2.32. The Morgan fingerprint density at radius 2 is 1.80 bits per heavy atom. The van der Waals surface area contributed by atoms with Crippen LogP contribution in [-0.2, 0) is 0 Å². The van der Waals surface area contributed by atoms with Crippen LogP contribution in [0.5, 0.6) is 0 Å². The Morgan fingerprint density at radius 3 is 2.20 bits per heavy atom. The van der Waals surface area contributed by atoms with Crippen molar-refractivity contribution in [3.05, 3.63) is 29.3 Å². The topological polar surface area (TPSA) is 0 Å². The maximum atomic E-state index is 3.49. The first-order valence-corrected chi connectivity index (χ1v) is 3.49. The van der Waals surface area contributed by atoms with E-state index in [4.69, 9.17) is 0 Å². The predicted octanol–water partition coefficient (Wildman–Crippen LogP) is -0.924. The average Bonchev–Trinajstić information content (AvgIpc) is 1.80. The average molecular weight is 144 g/mol. The summed E-state index contributed by atoms with van der Waals surface area (Å²) in [6, 6.07) is 6.34. The molecule has 10 heavy (non-hydrogen) atoms. The molecule has 1 aromatic rings. The van der Waals surface area contributed by atoms with Crippen LogP contribution in [0.3, 0.4) is 0 Å². The molecular formula is C8H10LiP. The summed E-state index contributed by atoms with van der Waals surface area (Å²) in [6.07, 6.45) is 0. The summed E-state index contributed by atoms with van der Waals surface area (Å²) < 4.78 is 0. The molecule has 0 aliphatic rings. The molecule has 1 rings (SSSR count). The minimum absolute atomic E-state index is 0. The van der Waals surface area contributed by atoms with Gasteiger partial charge in [0, 0.05) is 0 Å². The summed E-state index contributed by atoms with van der Waals surface area (Å²) in [5, 5.41) is 1.19. The first-order valence-electron chi connectivity index (χ1n) is 2.99. The fourth-order valence-corrected chi connectivity index (χ4v) is 1.05. The van der Waals surface area contributed by atoms with E-state index in [2.05, 4.69) is 41.3 Å². The second kappa shape index (κ2) is 4.19. The fourth-order valence-electron chi connectivity index (χ4n) is 0.736. The van der Waals surface area contributed by atoms with Gasteiger partial charge >= 0.3 is 18.9 Å². The van der Waals surface area contributed by atoms with Crippen LogP contribution >= 0.6 is 9.24 Å². The first kappa shape index (κ1) is 10.2. The monoisotopic (exact) mass is 144 g/mol. The van der Waals surface area contributed by atoms with Gasteiger partial charge in [-0.3, -0.25) is 0 Å². The molecule has 0 spiro atoms. The maximum absolute atomic E-state index is 3.49. The van der Waals surface area contributed by atoms with E-state index in [1.807, 2.05) is 0 Å². The van der Waals surface area contributed by atoms with Crippen molar-refractivity contribution < 1.29 is 18.9 Å². The molecule has 0 N–H and O–H groups in total. The normalized spacial score (nSPS) is 8.70.